The maximum atomic E-state index is 9.44. The van der Waals surface area contributed by atoms with Crippen molar-refractivity contribution in [3.05, 3.63) is 59.2 Å². The third-order valence-corrected chi connectivity index (χ3v) is 3.15. The highest BCUT2D eigenvalue weighted by Gasteiger charge is 2.04. The summed E-state index contributed by atoms with van der Waals surface area (Å²) in [5.74, 6) is 1.66. The van der Waals surface area contributed by atoms with E-state index in [0.29, 0.717) is 0 Å². The first-order valence-electron chi connectivity index (χ1n) is 6.10. The van der Waals surface area contributed by atoms with Gasteiger partial charge in [-0.05, 0) is 55.7 Å². The number of rotatable bonds is 3. The molecule has 0 aliphatic heterocycles. The van der Waals surface area contributed by atoms with Crippen LogP contribution in [0.15, 0.2) is 42.5 Å². The topological polar surface area (TPSA) is 29.5 Å². The Balaban J connectivity index is 2.21. The number of aryl methyl sites for hydroxylation is 1. The Bertz CT molecular complexity index is 527. The Labute approximate surface area is 108 Å². The van der Waals surface area contributed by atoms with Gasteiger partial charge in [0.1, 0.15) is 11.5 Å². The highest BCUT2D eigenvalue weighted by Crippen LogP contribution is 2.27. The summed E-state index contributed by atoms with van der Waals surface area (Å²) in [5, 5.41) is 9.44. The normalized spacial score (nSPS) is 12.2. The van der Waals surface area contributed by atoms with Gasteiger partial charge in [0.2, 0.25) is 0 Å². The molecular formula is C16H18O2. The zero-order valence-corrected chi connectivity index (χ0v) is 11.0. The molecule has 0 fully saturated rings. The SMILES string of the molecule is Cc1cccc(Oc2ccc([C@@H](C)O)cc2)c1C. The average Bonchev–Trinajstić information content (AvgIpc) is 2.36. The van der Waals surface area contributed by atoms with Crippen LogP contribution in [0.1, 0.15) is 29.7 Å². The number of hydrogen-bond donors (Lipinski definition) is 1. The Morgan fingerprint density at radius 1 is 1.00 bits per heavy atom. The number of ether oxygens (including phenoxy) is 1. The summed E-state index contributed by atoms with van der Waals surface area (Å²) in [6.45, 7) is 5.87. The van der Waals surface area contributed by atoms with Crippen LogP contribution >= 0.6 is 0 Å². The molecular weight excluding hydrogens is 224 g/mol. The Hall–Kier alpha value is -1.80. The fourth-order valence-electron chi connectivity index (χ4n) is 1.78. The lowest BCUT2D eigenvalue weighted by atomic mass is 10.1. The van der Waals surface area contributed by atoms with Crippen molar-refractivity contribution < 1.29 is 9.84 Å². The molecule has 0 unspecified atom stereocenters. The standard InChI is InChI=1S/C16H18O2/c1-11-5-4-6-16(12(11)2)18-15-9-7-14(8-10-15)13(3)17/h4-10,13,17H,1-3H3/t13-/m1/s1. The number of aliphatic hydroxyl groups is 1. The molecule has 0 heterocycles. The van der Waals surface area contributed by atoms with Crippen molar-refractivity contribution in [2.75, 3.05) is 0 Å². The third-order valence-electron chi connectivity index (χ3n) is 3.15. The van der Waals surface area contributed by atoms with Crippen LogP contribution in [0.4, 0.5) is 0 Å². The Morgan fingerprint density at radius 2 is 1.67 bits per heavy atom. The molecule has 0 radical (unpaired) electrons. The van der Waals surface area contributed by atoms with Crippen LogP contribution in [0.3, 0.4) is 0 Å². The molecule has 0 aliphatic rings. The fourth-order valence-corrected chi connectivity index (χ4v) is 1.78. The summed E-state index contributed by atoms with van der Waals surface area (Å²) >= 11 is 0. The predicted octanol–water partition coefficient (Wildman–Crippen LogP) is 4.15. The van der Waals surface area contributed by atoms with Crippen molar-refractivity contribution >= 4 is 0 Å². The summed E-state index contributed by atoms with van der Waals surface area (Å²) in [6, 6.07) is 13.5. The van der Waals surface area contributed by atoms with Gasteiger partial charge in [-0.2, -0.15) is 0 Å². The second-order valence-corrected chi connectivity index (χ2v) is 4.55. The molecule has 0 amide bonds. The van der Waals surface area contributed by atoms with Crippen molar-refractivity contribution in [1.82, 2.24) is 0 Å². The van der Waals surface area contributed by atoms with Crippen molar-refractivity contribution in [1.29, 1.82) is 0 Å². The van der Waals surface area contributed by atoms with Gasteiger partial charge in [-0.25, -0.2) is 0 Å². The molecule has 1 atom stereocenters. The lowest BCUT2D eigenvalue weighted by molar-refractivity contribution is 0.199. The lowest BCUT2D eigenvalue weighted by Crippen LogP contribution is -1.92. The van der Waals surface area contributed by atoms with Crippen LogP contribution in [-0.2, 0) is 0 Å². The van der Waals surface area contributed by atoms with Crippen LogP contribution in [-0.4, -0.2) is 5.11 Å². The maximum Gasteiger partial charge on any atom is 0.130 e. The van der Waals surface area contributed by atoms with Gasteiger partial charge in [0, 0.05) is 0 Å². The molecule has 1 N–H and O–H groups in total. The first kappa shape index (κ1) is 12.7. The van der Waals surface area contributed by atoms with E-state index in [1.807, 2.05) is 36.4 Å². The van der Waals surface area contributed by atoms with Crippen LogP contribution in [0, 0.1) is 13.8 Å². The van der Waals surface area contributed by atoms with E-state index in [9.17, 15) is 5.11 Å². The molecule has 0 saturated heterocycles. The van der Waals surface area contributed by atoms with Gasteiger partial charge < -0.3 is 9.84 Å². The summed E-state index contributed by atoms with van der Waals surface area (Å²) in [6.07, 6.45) is -0.445. The molecule has 2 heteroatoms. The minimum atomic E-state index is -0.445. The Morgan fingerprint density at radius 3 is 2.28 bits per heavy atom. The molecule has 2 aromatic carbocycles. The van der Waals surface area contributed by atoms with Gasteiger partial charge in [-0.1, -0.05) is 24.3 Å². The van der Waals surface area contributed by atoms with Crippen LogP contribution < -0.4 is 4.74 Å². The quantitative estimate of drug-likeness (QED) is 0.876. The minimum absolute atomic E-state index is 0.445. The van der Waals surface area contributed by atoms with Crippen LogP contribution in [0.25, 0.3) is 0 Å². The molecule has 18 heavy (non-hydrogen) atoms. The number of benzene rings is 2. The van der Waals surface area contributed by atoms with E-state index in [1.54, 1.807) is 6.92 Å². The molecule has 94 valence electrons. The van der Waals surface area contributed by atoms with E-state index in [1.165, 1.54) is 5.56 Å². The van der Waals surface area contributed by atoms with Gasteiger partial charge in [0.25, 0.3) is 0 Å². The molecule has 0 spiro atoms. The van der Waals surface area contributed by atoms with Crippen LogP contribution in [0.5, 0.6) is 11.5 Å². The van der Waals surface area contributed by atoms with Gasteiger partial charge in [0.05, 0.1) is 6.10 Å². The lowest BCUT2D eigenvalue weighted by Gasteiger charge is -2.11. The van der Waals surface area contributed by atoms with E-state index in [0.717, 1.165) is 22.6 Å². The highest BCUT2D eigenvalue weighted by atomic mass is 16.5. The Kier molecular flexibility index (Phi) is 3.68. The molecule has 0 aliphatic carbocycles. The monoisotopic (exact) mass is 242 g/mol. The zero-order chi connectivity index (χ0) is 13.1. The first-order chi connectivity index (χ1) is 8.58. The van der Waals surface area contributed by atoms with Gasteiger partial charge >= 0.3 is 0 Å². The third kappa shape index (κ3) is 2.71. The summed E-state index contributed by atoms with van der Waals surface area (Å²) in [4.78, 5) is 0. The van der Waals surface area contributed by atoms with Gasteiger partial charge in [-0.15, -0.1) is 0 Å². The van der Waals surface area contributed by atoms with Crippen molar-refractivity contribution in [3.8, 4) is 11.5 Å². The largest absolute Gasteiger partial charge is 0.457 e. The van der Waals surface area contributed by atoms with Crippen molar-refractivity contribution in [2.24, 2.45) is 0 Å². The molecule has 0 bridgehead atoms. The second kappa shape index (κ2) is 5.23. The number of hydrogen-bond acceptors (Lipinski definition) is 2. The van der Waals surface area contributed by atoms with Gasteiger partial charge in [0.15, 0.2) is 0 Å². The fraction of sp³-hybridized carbons (Fsp3) is 0.250. The van der Waals surface area contributed by atoms with Crippen molar-refractivity contribution in [2.45, 2.75) is 26.9 Å². The molecule has 0 saturated carbocycles. The number of aliphatic hydroxyl groups excluding tert-OH is 1. The van der Waals surface area contributed by atoms with Gasteiger partial charge in [-0.3, -0.25) is 0 Å². The minimum Gasteiger partial charge on any atom is -0.457 e. The van der Waals surface area contributed by atoms with E-state index < -0.39 is 6.10 Å². The molecule has 0 aromatic heterocycles. The second-order valence-electron chi connectivity index (χ2n) is 4.55. The summed E-state index contributed by atoms with van der Waals surface area (Å²) in [7, 11) is 0. The molecule has 2 nitrogen and oxygen atoms in total. The first-order valence-corrected chi connectivity index (χ1v) is 6.10. The van der Waals surface area contributed by atoms with E-state index in [-0.39, 0.29) is 0 Å². The van der Waals surface area contributed by atoms with E-state index >= 15 is 0 Å². The summed E-state index contributed by atoms with van der Waals surface area (Å²) < 4.78 is 5.84. The predicted molar refractivity (Wildman–Crippen MR) is 73.1 cm³/mol. The molecule has 2 rings (SSSR count). The van der Waals surface area contributed by atoms with Crippen LogP contribution in [0.2, 0.25) is 0 Å². The smallest absolute Gasteiger partial charge is 0.130 e. The zero-order valence-electron chi connectivity index (χ0n) is 11.0. The highest BCUT2D eigenvalue weighted by molar-refractivity contribution is 5.41. The van der Waals surface area contributed by atoms with Crippen molar-refractivity contribution in [3.63, 3.8) is 0 Å². The van der Waals surface area contributed by atoms with E-state index in [2.05, 4.69) is 19.9 Å². The van der Waals surface area contributed by atoms with E-state index in [4.69, 9.17) is 4.74 Å². The maximum absolute atomic E-state index is 9.44. The average molecular weight is 242 g/mol. The summed E-state index contributed by atoms with van der Waals surface area (Å²) in [5.41, 5.74) is 3.26. The molecule has 2 aromatic rings.